The number of rotatable bonds is 3. The molecule has 1 heterocycles. The number of hydrogen-bond donors (Lipinski definition) is 1. The van der Waals surface area contributed by atoms with Crippen molar-refractivity contribution in [1.82, 2.24) is 10.1 Å². The van der Waals surface area contributed by atoms with Crippen LogP contribution in [0.25, 0.3) is 0 Å². The van der Waals surface area contributed by atoms with Crippen LogP contribution >= 0.6 is 23.4 Å². The molecule has 0 spiro atoms. The highest BCUT2D eigenvalue weighted by Crippen LogP contribution is 2.34. The Hall–Kier alpha value is -1.20. The number of anilines is 1. The van der Waals surface area contributed by atoms with Crippen molar-refractivity contribution < 1.29 is 4.52 Å². The highest BCUT2D eigenvalue weighted by atomic mass is 35.5. The lowest BCUT2D eigenvalue weighted by Gasteiger charge is -2.10. The van der Waals surface area contributed by atoms with Gasteiger partial charge in [0.2, 0.25) is 5.89 Å². The van der Waals surface area contributed by atoms with Gasteiger partial charge in [0.05, 0.1) is 10.8 Å². The zero-order valence-corrected chi connectivity index (χ0v) is 12.7. The van der Waals surface area contributed by atoms with E-state index in [2.05, 4.69) is 10.1 Å². The molecule has 0 saturated carbocycles. The number of benzene rings is 1. The molecule has 0 fully saturated rings. The summed E-state index contributed by atoms with van der Waals surface area (Å²) in [7, 11) is 0. The molecule has 19 heavy (non-hydrogen) atoms. The molecule has 0 unspecified atom stereocenters. The van der Waals surface area contributed by atoms with Gasteiger partial charge >= 0.3 is 0 Å². The lowest BCUT2D eigenvalue weighted by atomic mass is 9.96. The zero-order valence-electron chi connectivity index (χ0n) is 11.1. The first-order chi connectivity index (χ1) is 8.88. The van der Waals surface area contributed by atoms with E-state index in [1.807, 2.05) is 39.0 Å². The molecule has 0 atom stereocenters. The maximum atomic E-state index is 6.11. The zero-order chi connectivity index (χ0) is 14.0. The standard InChI is InChI=1S/C13H16ClN3OS/c1-13(2,3)12-16-10(18-17-12)7-19-11-8(14)5-4-6-9(11)15/h4-6H,7,15H2,1-3H3. The molecule has 0 aliphatic rings. The van der Waals surface area contributed by atoms with E-state index in [1.54, 1.807) is 0 Å². The number of aromatic nitrogens is 2. The highest BCUT2D eigenvalue weighted by Gasteiger charge is 2.21. The van der Waals surface area contributed by atoms with Gasteiger partial charge in [-0.15, -0.1) is 11.8 Å². The van der Waals surface area contributed by atoms with Crippen LogP contribution in [0, 0.1) is 0 Å². The largest absolute Gasteiger partial charge is 0.398 e. The maximum absolute atomic E-state index is 6.11. The summed E-state index contributed by atoms with van der Waals surface area (Å²) >= 11 is 7.60. The van der Waals surface area contributed by atoms with Gasteiger partial charge in [-0.25, -0.2) is 0 Å². The Labute approximate surface area is 121 Å². The summed E-state index contributed by atoms with van der Waals surface area (Å²) in [5, 5.41) is 4.62. The molecule has 0 bridgehead atoms. The van der Waals surface area contributed by atoms with Gasteiger partial charge in [0.25, 0.3) is 0 Å². The second-order valence-electron chi connectivity index (χ2n) is 5.21. The Morgan fingerprint density at radius 3 is 2.68 bits per heavy atom. The number of nitrogens with zero attached hydrogens (tertiary/aromatic N) is 2. The molecule has 2 aromatic rings. The van der Waals surface area contributed by atoms with E-state index in [4.69, 9.17) is 21.9 Å². The molecular weight excluding hydrogens is 282 g/mol. The summed E-state index contributed by atoms with van der Waals surface area (Å²) < 4.78 is 5.23. The van der Waals surface area contributed by atoms with E-state index >= 15 is 0 Å². The minimum Gasteiger partial charge on any atom is -0.398 e. The summed E-state index contributed by atoms with van der Waals surface area (Å²) in [5.41, 5.74) is 6.43. The maximum Gasteiger partial charge on any atom is 0.237 e. The molecule has 2 rings (SSSR count). The highest BCUT2D eigenvalue weighted by molar-refractivity contribution is 7.98. The number of nitrogens with two attached hydrogens (primary N) is 1. The summed E-state index contributed by atoms with van der Waals surface area (Å²) in [4.78, 5) is 5.22. The van der Waals surface area contributed by atoms with Crippen LogP contribution < -0.4 is 5.73 Å². The molecule has 0 aliphatic carbocycles. The quantitative estimate of drug-likeness (QED) is 0.687. The normalized spacial score (nSPS) is 11.8. The van der Waals surface area contributed by atoms with Gasteiger partial charge in [-0.2, -0.15) is 4.98 Å². The third-order valence-corrected chi connectivity index (χ3v) is 4.04. The summed E-state index contributed by atoms with van der Waals surface area (Å²) in [6.07, 6.45) is 0. The number of halogens is 1. The summed E-state index contributed by atoms with van der Waals surface area (Å²) in [5.74, 6) is 1.83. The molecule has 6 heteroatoms. The Balaban J connectivity index is 2.09. The SMILES string of the molecule is CC(C)(C)c1noc(CSc2c(N)cccc2Cl)n1. The van der Waals surface area contributed by atoms with Crippen molar-refractivity contribution in [3.8, 4) is 0 Å². The van der Waals surface area contributed by atoms with Crippen molar-refractivity contribution >= 4 is 29.1 Å². The number of nitrogen functional groups attached to an aromatic ring is 1. The van der Waals surface area contributed by atoms with Crippen molar-refractivity contribution in [2.45, 2.75) is 36.8 Å². The van der Waals surface area contributed by atoms with E-state index in [0.29, 0.717) is 28.2 Å². The van der Waals surface area contributed by atoms with Crippen LogP contribution in [0.3, 0.4) is 0 Å². The van der Waals surface area contributed by atoms with E-state index in [0.717, 1.165) is 4.90 Å². The molecule has 0 radical (unpaired) electrons. The average Bonchev–Trinajstić information content (AvgIpc) is 2.77. The lowest BCUT2D eigenvalue weighted by Crippen LogP contribution is -2.13. The molecule has 1 aromatic heterocycles. The van der Waals surface area contributed by atoms with Crippen LogP contribution in [0.4, 0.5) is 5.69 Å². The van der Waals surface area contributed by atoms with E-state index in [1.165, 1.54) is 11.8 Å². The minimum atomic E-state index is -0.115. The van der Waals surface area contributed by atoms with Crippen molar-refractivity contribution in [3.63, 3.8) is 0 Å². The monoisotopic (exact) mass is 297 g/mol. The van der Waals surface area contributed by atoms with Crippen molar-refractivity contribution in [2.24, 2.45) is 0 Å². The fraction of sp³-hybridized carbons (Fsp3) is 0.385. The first-order valence-electron chi connectivity index (χ1n) is 5.88. The van der Waals surface area contributed by atoms with Crippen LogP contribution in [0.5, 0.6) is 0 Å². The van der Waals surface area contributed by atoms with E-state index in [-0.39, 0.29) is 5.41 Å². The van der Waals surface area contributed by atoms with Crippen LogP contribution in [0.2, 0.25) is 5.02 Å². The molecule has 0 amide bonds. The minimum absolute atomic E-state index is 0.115. The third kappa shape index (κ3) is 3.42. The fourth-order valence-corrected chi connectivity index (χ4v) is 2.60. The van der Waals surface area contributed by atoms with Gasteiger partial charge in [-0.1, -0.05) is 43.6 Å². The van der Waals surface area contributed by atoms with Gasteiger partial charge in [-0.05, 0) is 12.1 Å². The Kier molecular flexibility index (Phi) is 4.06. The Morgan fingerprint density at radius 1 is 1.37 bits per heavy atom. The van der Waals surface area contributed by atoms with Gasteiger partial charge in [-0.3, -0.25) is 0 Å². The molecule has 2 N–H and O–H groups in total. The molecular formula is C13H16ClN3OS. The summed E-state index contributed by atoms with van der Waals surface area (Å²) in [6, 6.07) is 5.46. The number of hydrogen-bond acceptors (Lipinski definition) is 5. The average molecular weight is 298 g/mol. The first-order valence-corrected chi connectivity index (χ1v) is 7.24. The van der Waals surface area contributed by atoms with Gasteiger partial charge in [0.1, 0.15) is 0 Å². The van der Waals surface area contributed by atoms with Crippen LogP contribution in [0.15, 0.2) is 27.6 Å². The van der Waals surface area contributed by atoms with Crippen molar-refractivity contribution in [1.29, 1.82) is 0 Å². The van der Waals surface area contributed by atoms with E-state index in [9.17, 15) is 0 Å². The second kappa shape index (κ2) is 5.43. The summed E-state index contributed by atoms with van der Waals surface area (Å²) in [6.45, 7) is 6.13. The van der Waals surface area contributed by atoms with Gasteiger partial charge in [0, 0.05) is 16.0 Å². The van der Waals surface area contributed by atoms with Crippen molar-refractivity contribution in [3.05, 3.63) is 34.9 Å². The third-order valence-electron chi connectivity index (χ3n) is 2.48. The predicted octanol–water partition coefficient (Wildman–Crippen LogP) is 3.90. The number of thioether (sulfide) groups is 1. The topological polar surface area (TPSA) is 64.9 Å². The molecule has 0 aliphatic heterocycles. The first kappa shape index (κ1) is 14.2. The molecule has 102 valence electrons. The van der Waals surface area contributed by atoms with Crippen LogP contribution in [-0.2, 0) is 11.2 Å². The van der Waals surface area contributed by atoms with Gasteiger partial charge < -0.3 is 10.3 Å². The van der Waals surface area contributed by atoms with Crippen LogP contribution in [-0.4, -0.2) is 10.1 Å². The fourth-order valence-electron chi connectivity index (χ4n) is 1.43. The molecule has 1 aromatic carbocycles. The van der Waals surface area contributed by atoms with Crippen molar-refractivity contribution in [2.75, 3.05) is 5.73 Å². The van der Waals surface area contributed by atoms with E-state index < -0.39 is 0 Å². The molecule has 0 saturated heterocycles. The van der Waals surface area contributed by atoms with Gasteiger partial charge in [0.15, 0.2) is 5.82 Å². The predicted molar refractivity (Wildman–Crippen MR) is 78.4 cm³/mol. The lowest BCUT2D eigenvalue weighted by molar-refractivity contribution is 0.373. The van der Waals surface area contributed by atoms with Crippen LogP contribution in [0.1, 0.15) is 32.5 Å². The second-order valence-corrected chi connectivity index (χ2v) is 6.60. The Morgan fingerprint density at radius 2 is 2.11 bits per heavy atom. The Bertz CT molecular complexity index is 557. The molecule has 4 nitrogen and oxygen atoms in total. The smallest absolute Gasteiger partial charge is 0.237 e.